The van der Waals surface area contributed by atoms with Gasteiger partial charge in [-0.1, -0.05) is 26.8 Å². The Labute approximate surface area is 156 Å². The molecule has 2 aromatic heterocycles. The summed E-state index contributed by atoms with van der Waals surface area (Å²) in [5, 5.41) is 9.60. The van der Waals surface area contributed by atoms with E-state index in [2.05, 4.69) is 25.7 Å². The standard InChI is InChI=1S/C19H20N6O2/c1-19(2,3)18(27)24-14-6-4-5-13(9-14)17(26)23-15-7-8-16(21-10-15)25-12-20-11-22-25/h4-12H,1-3H3,(H,23,26)(H,24,27). The highest BCUT2D eigenvalue weighted by Gasteiger charge is 2.21. The van der Waals surface area contributed by atoms with Crippen LogP contribution in [-0.4, -0.2) is 31.6 Å². The van der Waals surface area contributed by atoms with Gasteiger partial charge in [-0.3, -0.25) is 9.59 Å². The van der Waals surface area contributed by atoms with E-state index in [-0.39, 0.29) is 11.8 Å². The van der Waals surface area contributed by atoms with E-state index in [4.69, 9.17) is 0 Å². The van der Waals surface area contributed by atoms with Crippen molar-refractivity contribution in [1.82, 2.24) is 19.7 Å². The number of benzene rings is 1. The van der Waals surface area contributed by atoms with E-state index >= 15 is 0 Å². The second-order valence-corrected chi connectivity index (χ2v) is 6.98. The number of anilines is 2. The van der Waals surface area contributed by atoms with Crippen LogP contribution in [0.2, 0.25) is 0 Å². The summed E-state index contributed by atoms with van der Waals surface area (Å²) in [5.41, 5.74) is 1.03. The van der Waals surface area contributed by atoms with Crippen molar-refractivity contribution < 1.29 is 9.59 Å². The number of nitrogens with one attached hydrogen (secondary N) is 2. The molecule has 3 rings (SSSR count). The number of pyridine rings is 1. The lowest BCUT2D eigenvalue weighted by Crippen LogP contribution is -2.27. The molecule has 27 heavy (non-hydrogen) atoms. The third kappa shape index (κ3) is 4.55. The Bertz CT molecular complexity index is 943. The van der Waals surface area contributed by atoms with Gasteiger partial charge in [-0.2, -0.15) is 5.10 Å². The van der Waals surface area contributed by atoms with Crippen LogP contribution in [-0.2, 0) is 4.79 Å². The molecule has 0 aliphatic carbocycles. The van der Waals surface area contributed by atoms with Crippen LogP contribution in [0.4, 0.5) is 11.4 Å². The van der Waals surface area contributed by atoms with E-state index in [9.17, 15) is 9.59 Å². The van der Waals surface area contributed by atoms with Gasteiger partial charge < -0.3 is 10.6 Å². The Balaban J connectivity index is 1.69. The summed E-state index contributed by atoms with van der Waals surface area (Å²) in [4.78, 5) is 32.7. The molecule has 0 spiro atoms. The fourth-order valence-electron chi connectivity index (χ4n) is 2.18. The van der Waals surface area contributed by atoms with Gasteiger partial charge in [-0.15, -0.1) is 0 Å². The molecule has 2 heterocycles. The van der Waals surface area contributed by atoms with Crippen molar-refractivity contribution in [2.45, 2.75) is 20.8 Å². The van der Waals surface area contributed by atoms with Gasteiger partial charge in [-0.25, -0.2) is 14.6 Å². The smallest absolute Gasteiger partial charge is 0.255 e. The molecule has 0 radical (unpaired) electrons. The van der Waals surface area contributed by atoms with E-state index in [0.717, 1.165) is 0 Å². The highest BCUT2D eigenvalue weighted by atomic mass is 16.2. The highest BCUT2D eigenvalue weighted by molar-refractivity contribution is 6.05. The average Bonchev–Trinajstić information content (AvgIpc) is 3.16. The number of hydrogen-bond acceptors (Lipinski definition) is 5. The van der Waals surface area contributed by atoms with Crippen molar-refractivity contribution in [1.29, 1.82) is 0 Å². The van der Waals surface area contributed by atoms with E-state index in [1.807, 2.05) is 20.8 Å². The minimum absolute atomic E-state index is 0.118. The predicted molar refractivity (Wildman–Crippen MR) is 102 cm³/mol. The Kier molecular flexibility index (Phi) is 4.98. The van der Waals surface area contributed by atoms with Crippen molar-refractivity contribution in [2.75, 3.05) is 10.6 Å². The minimum Gasteiger partial charge on any atom is -0.326 e. The topological polar surface area (TPSA) is 102 Å². The van der Waals surface area contributed by atoms with Crippen LogP contribution in [0, 0.1) is 5.41 Å². The lowest BCUT2D eigenvalue weighted by molar-refractivity contribution is -0.123. The first kappa shape index (κ1) is 18.2. The van der Waals surface area contributed by atoms with Gasteiger partial charge in [0.05, 0.1) is 11.9 Å². The average molecular weight is 364 g/mol. The SMILES string of the molecule is CC(C)(C)C(=O)Nc1cccc(C(=O)Nc2ccc(-n3cncn3)nc2)c1. The summed E-state index contributed by atoms with van der Waals surface area (Å²) >= 11 is 0. The Hall–Kier alpha value is -3.55. The summed E-state index contributed by atoms with van der Waals surface area (Å²) in [7, 11) is 0. The number of amides is 2. The van der Waals surface area contributed by atoms with Crippen molar-refractivity contribution in [3.63, 3.8) is 0 Å². The van der Waals surface area contributed by atoms with Crippen molar-refractivity contribution in [2.24, 2.45) is 5.41 Å². The molecular formula is C19H20N6O2. The molecule has 0 atom stereocenters. The summed E-state index contributed by atoms with van der Waals surface area (Å²) < 4.78 is 1.52. The largest absolute Gasteiger partial charge is 0.326 e. The Morgan fingerprint density at radius 3 is 2.48 bits per heavy atom. The molecule has 138 valence electrons. The number of aromatic nitrogens is 4. The first-order valence-corrected chi connectivity index (χ1v) is 8.37. The minimum atomic E-state index is -0.518. The van der Waals surface area contributed by atoms with Crippen molar-refractivity contribution in [3.05, 3.63) is 60.8 Å². The van der Waals surface area contributed by atoms with Gasteiger partial charge in [0.15, 0.2) is 5.82 Å². The first-order chi connectivity index (χ1) is 12.8. The van der Waals surface area contributed by atoms with Gasteiger partial charge in [-0.05, 0) is 30.3 Å². The molecule has 2 N–H and O–H groups in total. The molecule has 8 nitrogen and oxygen atoms in total. The molecule has 0 saturated carbocycles. The molecule has 0 unspecified atom stereocenters. The number of nitrogens with zero attached hydrogens (tertiary/aromatic N) is 4. The molecule has 1 aromatic carbocycles. The van der Waals surface area contributed by atoms with Crippen LogP contribution in [0.3, 0.4) is 0 Å². The lowest BCUT2D eigenvalue weighted by Gasteiger charge is -2.18. The maximum atomic E-state index is 12.5. The normalized spacial score (nSPS) is 11.1. The molecule has 0 aliphatic rings. The number of carbonyl (C=O) groups is 2. The van der Waals surface area contributed by atoms with Gasteiger partial charge in [0.25, 0.3) is 5.91 Å². The van der Waals surface area contributed by atoms with Gasteiger partial charge in [0.1, 0.15) is 12.7 Å². The Morgan fingerprint density at radius 2 is 1.85 bits per heavy atom. The molecule has 0 saturated heterocycles. The van der Waals surface area contributed by atoms with Gasteiger partial charge >= 0.3 is 0 Å². The van der Waals surface area contributed by atoms with E-state index < -0.39 is 5.41 Å². The van der Waals surface area contributed by atoms with E-state index in [1.165, 1.54) is 17.3 Å². The zero-order valence-electron chi connectivity index (χ0n) is 15.3. The number of hydrogen-bond donors (Lipinski definition) is 2. The van der Waals surface area contributed by atoms with E-state index in [1.54, 1.807) is 42.6 Å². The third-order valence-electron chi connectivity index (χ3n) is 3.72. The second-order valence-electron chi connectivity index (χ2n) is 6.98. The molecular weight excluding hydrogens is 344 g/mol. The summed E-state index contributed by atoms with van der Waals surface area (Å²) in [6.45, 7) is 5.48. The Morgan fingerprint density at radius 1 is 1.04 bits per heavy atom. The van der Waals surface area contributed by atoms with Crippen LogP contribution < -0.4 is 10.6 Å². The zero-order valence-corrected chi connectivity index (χ0v) is 15.3. The predicted octanol–water partition coefficient (Wildman–Crippen LogP) is 2.90. The molecule has 8 heteroatoms. The van der Waals surface area contributed by atoms with Crippen LogP contribution in [0.5, 0.6) is 0 Å². The van der Waals surface area contributed by atoms with Crippen molar-refractivity contribution in [3.8, 4) is 5.82 Å². The maximum absolute atomic E-state index is 12.5. The summed E-state index contributed by atoms with van der Waals surface area (Å²) in [6.07, 6.45) is 4.50. The van der Waals surface area contributed by atoms with Crippen LogP contribution in [0.1, 0.15) is 31.1 Å². The zero-order chi connectivity index (χ0) is 19.4. The maximum Gasteiger partial charge on any atom is 0.255 e. The molecule has 0 fully saturated rings. The summed E-state index contributed by atoms with van der Waals surface area (Å²) in [6, 6.07) is 10.2. The quantitative estimate of drug-likeness (QED) is 0.741. The van der Waals surface area contributed by atoms with Crippen LogP contribution in [0.25, 0.3) is 5.82 Å². The molecule has 3 aromatic rings. The monoisotopic (exact) mass is 364 g/mol. The van der Waals surface area contributed by atoms with Gasteiger partial charge in [0.2, 0.25) is 5.91 Å². The molecule has 0 aliphatic heterocycles. The lowest BCUT2D eigenvalue weighted by atomic mass is 9.95. The number of carbonyl (C=O) groups excluding carboxylic acids is 2. The van der Waals surface area contributed by atoms with Crippen molar-refractivity contribution >= 4 is 23.2 Å². The highest BCUT2D eigenvalue weighted by Crippen LogP contribution is 2.19. The van der Waals surface area contributed by atoms with Crippen LogP contribution in [0.15, 0.2) is 55.2 Å². The fraction of sp³-hybridized carbons (Fsp3) is 0.211. The third-order valence-corrected chi connectivity index (χ3v) is 3.72. The second kappa shape index (κ2) is 7.36. The van der Waals surface area contributed by atoms with Gasteiger partial charge in [0, 0.05) is 16.7 Å². The number of rotatable bonds is 4. The van der Waals surface area contributed by atoms with E-state index in [0.29, 0.717) is 22.8 Å². The fourth-order valence-corrected chi connectivity index (χ4v) is 2.18. The summed E-state index contributed by atoms with van der Waals surface area (Å²) in [5.74, 6) is 0.183. The van der Waals surface area contributed by atoms with Crippen LogP contribution >= 0.6 is 0 Å². The molecule has 2 amide bonds. The first-order valence-electron chi connectivity index (χ1n) is 8.37. The molecule has 0 bridgehead atoms.